The number of nitrogens with two attached hydrogens (primary N) is 1. The molecule has 1 aromatic heterocycles. The second-order valence-corrected chi connectivity index (χ2v) is 4.89. The Labute approximate surface area is 99.5 Å². The van der Waals surface area contributed by atoms with Crippen LogP contribution in [-0.2, 0) is 0 Å². The van der Waals surface area contributed by atoms with Crippen LogP contribution in [0.3, 0.4) is 0 Å². The number of aromatic nitrogens is 1. The van der Waals surface area contributed by atoms with Crippen molar-refractivity contribution in [1.29, 1.82) is 5.26 Å². The Hall–Kier alpha value is -1.41. The van der Waals surface area contributed by atoms with Crippen LogP contribution < -0.4 is 10.6 Å². The van der Waals surface area contributed by atoms with Gasteiger partial charge in [0.15, 0.2) is 5.82 Å². The molecule has 84 valence electrons. The van der Waals surface area contributed by atoms with Gasteiger partial charge in [-0.15, -0.1) is 0 Å². The lowest BCUT2D eigenvalue weighted by molar-refractivity contribution is 0.803. The van der Waals surface area contributed by atoms with Gasteiger partial charge in [0.2, 0.25) is 0 Å². The van der Waals surface area contributed by atoms with Crippen molar-refractivity contribution in [3.8, 4) is 6.07 Å². The van der Waals surface area contributed by atoms with Crippen molar-refractivity contribution in [2.24, 2.45) is 0 Å². The Morgan fingerprint density at radius 1 is 1.44 bits per heavy atom. The number of hydrogen-bond acceptors (Lipinski definition) is 5. The van der Waals surface area contributed by atoms with Crippen LogP contribution in [0.25, 0.3) is 0 Å². The maximum Gasteiger partial charge on any atom is 0.153 e. The predicted octanol–water partition coefficient (Wildman–Crippen LogP) is 1.48. The summed E-state index contributed by atoms with van der Waals surface area (Å²) in [6, 6.07) is 3.75. The second-order valence-electron chi connectivity index (χ2n) is 3.66. The Kier molecular flexibility index (Phi) is 3.52. The molecular weight excluding hydrogens is 220 g/mol. The summed E-state index contributed by atoms with van der Waals surface area (Å²) in [7, 11) is 0. The third-order valence-corrected chi connectivity index (χ3v) is 3.66. The molecule has 2 N–H and O–H groups in total. The summed E-state index contributed by atoms with van der Waals surface area (Å²) in [6.45, 7) is 1.93. The van der Waals surface area contributed by atoms with Crippen molar-refractivity contribution in [2.45, 2.75) is 6.42 Å². The molecule has 16 heavy (non-hydrogen) atoms. The van der Waals surface area contributed by atoms with Crippen LogP contribution in [0, 0.1) is 11.3 Å². The lowest BCUT2D eigenvalue weighted by Crippen LogP contribution is -2.27. The summed E-state index contributed by atoms with van der Waals surface area (Å²) in [6.07, 6.45) is 2.80. The zero-order valence-corrected chi connectivity index (χ0v) is 9.83. The standard InChI is InChI=1S/C11H14N4S/c12-8-9-2-3-14-11(10(9)13)15-4-1-6-16-7-5-15/h2-3H,1,4-7,13H2. The Balaban J connectivity index is 2.28. The molecule has 0 saturated carbocycles. The van der Waals surface area contributed by atoms with Gasteiger partial charge in [0, 0.05) is 25.0 Å². The predicted molar refractivity (Wildman–Crippen MR) is 67.5 cm³/mol. The molecule has 1 aliphatic heterocycles. The minimum atomic E-state index is 0.511. The average molecular weight is 234 g/mol. The number of nitrogens with zero attached hydrogens (tertiary/aromatic N) is 3. The number of anilines is 2. The molecule has 0 aromatic carbocycles. The molecule has 4 nitrogen and oxygen atoms in total. The quantitative estimate of drug-likeness (QED) is 0.797. The van der Waals surface area contributed by atoms with Crippen molar-refractivity contribution >= 4 is 23.3 Å². The smallest absolute Gasteiger partial charge is 0.153 e. The van der Waals surface area contributed by atoms with Gasteiger partial charge in [-0.3, -0.25) is 0 Å². The van der Waals surface area contributed by atoms with Crippen LogP contribution in [0.2, 0.25) is 0 Å². The average Bonchev–Trinajstić information content (AvgIpc) is 2.58. The van der Waals surface area contributed by atoms with Crippen LogP contribution in [0.5, 0.6) is 0 Å². The molecule has 0 radical (unpaired) electrons. The first-order chi connectivity index (χ1) is 7.83. The van der Waals surface area contributed by atoms with Gasteiger partial charge in [-0.1, -0.05) is 0 Å². The van der Waals surface area contributed by atoms with Crippen molar-refractivity contribution in [3.05, 3.63) is 17.8 Å². The summed E-state index contributed by atoms with van der Waals surface area (Å²) in [5, 5.41) is 8.92. The van der Waals surface area contributed by atoms with E-state index in [9.17, 15) is 0 Å². The molecule has 0 spiro atoms. The third-order valence-electron chi connectivity index (χ3n) is 2.61. The summed E-state index contributed by atoms with van der Waals surface area (Å²) < 4.78 is 0. The van der Waals surface area contributed by atoms with Gasteiger partial charge < -0.3 is 10.6 Å². The lowest BCUT2D eigenvalue weighted by atomic mass is 10.2. The second kappa shape index (κ2) is 5.08. The largest absolute Gasteiger partial charge is 0.395 e. The van der Waals surface area contributed by atoms with Crippen molar-refractivity contribution in [2.75, 3.05) is 35.2 Å². The first kappa shape index (κ1) is 11.1. The highest BCUT2D eigenvalue weighted by Gasteiger charge is 2.15. The normalized spacial score (nSPS) is 16.6. The van der Waals surface area contributed by atoms with E-state index in [2.05, 4.69) is 16.0 Å². The van der Waals surface area contributed by atoms with E-state index in [1.807, 2.05) is 11.8 Å². The van der Waals surface area contributed by atoms with E-state index in [-0.39, 0.29) is 0 Å². The summed E-state index contributed by atoms with van der Waals surface area (Å²) in [5.41, 5.74) is 6.97. The fraction of sp³-hybridized carbons (Fsp3) is 0.455. The number of pyridine rings is 1. The topological polar surface area (TPSA) is 65.9 Å². The van der Waals surface area contributed by atoms with Crippen molar-refractivity contribution in [1.82, 2.24) is 4.98 Å². The highest BCUT2D eigenvalue weighted by molar-refractivity contribution is 7.99. The molecule has 0 amide bonds. The van der Waals surface area contributed by atoms with E-state index in [0.717, 1.165) is 31.1 Å². The van der Waals surface area contributed by atoms with Gasteiger partial charge in [-0.2, -0.15) is 17.0 Å². The zero-order valence-electron chi connectivity index (χ0n) is 9.02. The Morgan fingerprint density at radius 3 is 3.12 bits per heavy atom. The number of nitriles is 1. The van der Waals surface area contributed by atoms with E-state index >= 15 is 0 Å². The maximum atomic E-state index is 8.92. The fourth-order valence-electron chi connectivity index (χ4n) is 1.77. The van der Waals surface area contributed by atoms with Crippen molar-refractivity contribution in [3.63, 3.8) is 0 Å². The van der Waals surface area contributed by atoms with E-state index in [1.54, 1.807) is 12.3 Å². The summed E-state index contributed by atoms with van der Waals surface area (Å²) in [4.78, 5) is 6.47. The molecule has 1 saturated heterocycles. The molecule has 2 heterocycles. The Bertz CT molecular complexity index is 405. The molecule has 0 unspecified atom stereocenters. The van der Waals surface area contributed by atoms with Crippen LogP contribution >= 0.6 is 11.8 Å². The number of hydrogen-bond donors (Lipinski definition) is 1. The van der Waals surface area contributed by atoms with E-state index in [4.69, 9.17) is 11.0 Å². The van der Waals surface area contributed by atoms with Gasteiger partial charge in [-0.25, -0.2) is 4.98 Å². The molecule has 5 heteroatoms. The molecular formula is C11H14N4S. The molecule has 1 aliphatic rings. The van der Waals surface area contributed by atoms with Gasteiger partial charge in [-0.05, 0) is 18.2 Å². The van der Waals surface area contributed by atoms with Crippen LogP contribution in [0.15, 0.2) is 12.3 Å². The zero-order chi connectivity index (χ0) is 11.4. The molecule has 0 atom stereocenters. The van der Waals surface area contributed by atoms with Gasteiger partial charge in [0.05, 0.1) is 11.3 Å². The van der Waals surface area contributed by atoms with Crippen LogP contribution in [0.4, 0.5) is 11.5 Å². The highest BCUT2D eigenvalue weighted by atomic mass is 32.2. The third kappa shape index (κ3) is 2.22. The van der Waals surface area contributed by atoms with Crippen LogP contribution in [-0.4, -0.2) is 29.6 Å². The van der Waals surface area contributed by atoms with E-state index < -0.39 is 0 Å². The maximum absolute atomic E-state index is 8.92. The molecule has 0 aliphatic carbocycles. The first-order valence-electron chi connectivity index (χ1n) is 5.30. The molecule has 0 bridgehead atoms. The number of nitrogen functional groups attached to an aromatic ring is 1. The lowest BCUT2D eigenvalue weighted by Gasteiger charge is -2.22. The first-order valence-corrected chi connectivity index (χ1v) is 6.45. The Morgan fingerprint density at radius 2 is 2.31 bits per heavy atom. The number of thioether (sulfide) groups is 1. The molecule has 2 rings (SSSR count). The fourth-order valence-corrected chi connectivity index (χ4v) is 2.66. The SMILES string of the molecule is N#Cc1ccnc(N2CCCSCC2)c1N. The van der Waals surface area contributed by atoms with Crippen LogP contribution in [0.1, 0.15) is 12.0 Å². The minimum Gasteiger partial charge on any atom is -0.395 e. The monoisotopic (exact) mass is 234 g/mol. The van der Waals surface area contributed by atoms with Gasteiger partial charge in [0.1, 0.15) is 6.07 Å². The highest BCUT2D eigenvalue weighted by Crippen LogP contribution is 2.25. The molecule has 1 fully saturated rings. The van der Waals surface area contributed by atoms with Crippen molar-refractivity contribution < 1.29 is 0 Å². The number of rotatable bonds is 1. The minimum absolute atomic E-state index is 0.511. The van der Waals surface area contributed by atoms with E-state index in [1.165, 1.54) is 5.75 Å². The van der Waals surface area contributed by atoms with E-state index in [0.29, 0.717) is 11.3 Å². The summed E-state index contributed by atoms with van der Waals surface area (Å²) >= 11 is 1.95. The molecule has 1 aromatic rings. The van der Waals surface area contributed by atoms with Gasteiger partial charge in [0.25, 0.3) is 0 Å². The van der Waals surface area contributed by atoms with Gasteiger partial charge >= 0.3 is 0 Å². The summed E-state index contributed by atoms with van der Waals surface area (Å²) in [5.74, 6) is 3.05.